The lowest BCUT2D eigenvalue weighted by molar-refractivity contribution is 0.355. The summed E-state index contributed by atoms with van der Waals surface area (Å²) in [6.45, 7) is 4.03. The fourth-order valence-electron chi connectivity index (χ4n) is 2.06. The Balaban J connectivity index is 2.36. The first-order chi connectivity index (χ1) is 9.76. The van der Waals surface area contributed by atoms with Gasteiger partial charge in [-0.3, -0.25) is 0 Å². The highest BCUT2D eigenvalue weighted by Gasteiger charge is 2.08. The van der Waals surface area contributed by atoms with Crippen LogP contribution in [-0.4, -0.2) is 13.2 Å². The summed E-state index contributed by atoms with van der Waals surface area (Å²) in [6.07, 6.45) is 0. The molecule has 1 N–H and O–H groups in total. The number of hydrogen-bond donors (Lipinski definition) is 1. The van der Waals surface area contributed by atoms with Gasteiger partial charge in [0, 0.05) is 17.6 Å². The Hall–Kier alpha value is -1.22. The zero-order chi connectivity index (χ0) is 14.4. The highest BCUT2D eigenvalue weighted by molar-refractivity contribution is 6.36. The van der Waals surface area contributed by atoms with Gasteiger partial charge in [-0.05, 0) is 23.4 Å². The third-order valence-corrected chi connectivity index (χ3v) is 3.63. The second-order valence-corrected chi connectivity index (χ2v) is 5.09. The molecular weight excluding hydrogens is 293 g/mol. The molecule has 0 aliphatic rings. The molecule has 0 saturated carbocycles. The molecular formula is C16H17Cl2NO. The van der Waals surface area contributed by atoms with Crippen molar-refractivity contribution in [2.45, 2.75) is 13.5 Å². The summed E-state index contributed by atoms with van der Waals surface area (Å²) in [5.74, 6) is 0.835. The van der Waals surface area contributed by atoms with Crippen molar-refractivity contribution >= 4 is 34.0 Å². The van der Waals surface area contributed by atoms with Gasteiger partial charge < -0.3 is 10.1 Å². The molecule has 20 heavy (non-hydrogen) atoms. The van der Waals surface area contributed by atoms with E-state index < -0.39 is 0 Å². The molecule has 0 saturated heterocycles. The van der Waals surface area contributed by atoms with E-state index >= 15 is 0 Å². The standard InChI is InChI=1S/C16H17Cl2NO/c1-2-19-10-15-14-6-4-3-5-12(14)7-8-16(15)20-11-13(18)9-17/h3-9,19H,2,10-11H2,1H3. The Morgan fingerprint density at radius 2 is 2.05 bits per heavy atom. The minimum absolute atomic E-state index is 0.280. The molecule has 106 valence electrons. The van der Waals surface area contributed by atoms with Crippen molar-refractivity contribution in [1.82, 2.24) is 5.32 Å². The van der Waals surface area contributed by atoms with E-state index in [2.05, 4.69) is 30.4 Å². The van der Waals surface area contributed by atoms with Crippen LogP contribution in [-0.2, 0) is 6.54 Å². The van der Waals surface area contributed by atoms with Crippen LogP contribution in [0.5, 0.6) is 5.75 Å². The average Bonchev–Trinajstić information content (AvgIpc) is 2.50. The second kappa shape index (κ2) is 7.53. The largest absolute Gasteiger partial charge is 0.488 e. The fourth-order valence-corrected chi connectivity index (χ4v) is 2.18. The van der Waals surface area contributed by atoms with Crippen molar-refractivity contribution < 1.29 is 4.74 Å². The van der Waals surface area contributed by atoms with E-state index in [0.717, 1.165) is 24.4 Å². The number of ether oxygens (including phenoxy) is 1. The van der Waals surface area contributed by atoms with Crippen LogP contribution in [0, 0.1) is 0 Å². The van der Waals surface area contributed by atoms with Crippen LogP contribution in [0.15, 0.2) is 47.0 Å². The maximum atomic E-state index is 5.88. The van der Waals surface area contributed by atoms with Gasteiger partial charge in [-0.25, -0.2) is 0 Å². The van der Waals surface area contributed by atoms with E-state index in [1.165, 1.54) is 16.3 Å². The zero-order valence-corrected chi connectivity index (χ0v) is 12.8. The van der Waals surface area contributed by atoms with Crippen molar-refractivity contribution in [3.05, 3.63) is 52.5 Å². The van der Waals surface area contributed by atoms with Crippen LogP contribution < -0.4 is 10.1 Å². The van der Waals surface area contributed by atoms with E-state index in [9.17, 15) is 0 Å². The van der Waals surface area contributed by atoms with Crippen molar-refractivity contribution in [3.63, 3.8) is 0 Å². The molecule has 0 spiro atoms. The van der Waals surface area contributed by atoms with E-state index in [-0.39, 0.29) is 6.61 Å². The summed E-state index contributed by atoms with van der Waals surface area (Å²) in [5.41, 5.74) is 2.47. The third kappa shape index (κ3) is 3.66. The molecule has 0 aliphatic heterocycles. The first-order valence-electron chi connectivity index (χ1n) is 6.55. The molecule has 0 fully saturated rings. The van der Waals surface area contributed by atoms with E-state index in [4.69, 9.17) is 27.9 Å². The van der Waals surface area contributed by atoms with Gasteiger partial charge in [0.15, 0.2) is 0 Å². The Morgan fingerprint density at radius 1 is 1.25 bits per heavy atom. The van der Waals surface area contributed by atoms with Crippen molar-refractivity contribution in [2.24, 2.45) is 0 Å². The van der Waals surface area contributed by atoms with Crippen molar-refractivity contribution in [3.8, 4) is 5.75 Å². The molecule has 0 unspecified atom stereocenters. The van der Waals surface area contributed by atoms with Crippen LogP contribution in [0.3, 0.4) is 0 Å². The van der Waals surface area contributed by atoms with E-state index in [0.29, 0.717) is 5.03 Å². The quantitative estimate of drug-likeness (QED) is 0.839. The SMILES string of the molecule is CCNCc1c(OCC(Cl)=CCl)ccc2ccccc12. The Bertz CT molecular complexity index is 610. The lowest BCUT2D eigenvalue weighted by atomic mass is 10.0. The summed E-state index contributed by atoms with van der Waals surface area (Å²) >= 11 is 11.4. The number of hydrogen-bond acceptors (Lipinski definition) is 2. The Kier molecular flexibility index (Phi) is 5.72. The van der Waals surface area contributed by atoms with Crippen LogP contribution in [0.2, 0.25) is 0 Å². The summed E-state index contributed by atoms with van der Waals surface area (Å²) < 4.78 is 5.77. The molecule has 2 nitrogen and oxygen atoms in total. The predicted octanol–water partition coefficient (Wildman–Crippen LogP) is 4.65. The summed E-state index contributed by atoms with van der Waals surface area (Å²) in [7, 11) is 0. The lowest BCUT2D eigenvalue weighted by Gasteiger charge is -2.14. The van der Waals surface area contributed by atoms with Gasteiger partial charge in [-0.2, -0.15) is 0 Å². The number of rotatable bonds is 6. The normalized spacial score (nSPS) is 11.8. The fraction of sp³-hybridized carbons (Fsp3) is 0.250. The molecule has 0 amide bonds. The molecule has 4 heteroatoms. The molecule has 2 aromatic carbocycles. The summed E-state index contributed by atoms with van der Waals surface area (Å²) in [6, 6.07) is 12.3. The molecule has 2 aromatic rings. The highest BCUT2D eigenvalue weighted by atomic mass is 35.5. The van der Waals surface area contributed by atoms with Gasteiger partial charge in [0.05, 0.1) is 5.03 Å². The monoisotopic (exact) mass is 309 g/mol. The number of halogens is 2. The van der Waals surface area contributed by atoms with Crippen molar-refractivity contribution in [1.29, 1.82) is 0 Å². The number of fused-ring (bicyclic) bond motifs is 1. The molecule has 0 heterocycles. The smallest absolute Gasteiger partial charge is 0.125 e. The molecule has 0 radical (unpaired) electrons. The van der Waals surface area contributed by atoms with Gasteiger partial charge in [-0.1, -0.05) is 60.5 Å². The lowest BCUT2D eigenvalue weighted by Crippen LogP contribution is -2.13. The zero-order valence-electron chi connectivity index (χ0n) is 11.3. The summed E-state index contributed by atoms with van der Waals surface area (Å²) in [4.78, 5) is 0. The maximum Gasteiger partial charge on any atom is 0.125 e. The minimum Gasteiger partial charge on any atom is -0.488 e. The number of benzene rings is 2. The van der Waals surface area contributed by atoms with Crippen LogP contribution in [0.25, 0.3) is 10.8 Å². The highest BCUT2D eigenvalue weighted by Crippen LogP contribution is 2.28. The molecule has 0 aromatic heterocycles. The second-order valence-electron chi connectivity index (χ2n) is 4.39. The minimum atomic E-state index is 0.280. The molecule has 0 atom stereocenters. The average molecular weight is 310 g/mol. The van der Waals surface area contributed by atoms with E-state index in [1.807, 2.05) is 18.2 Å². The molecule has 2 rings (SSSR count). The topological polar surface area (TPSA) is 21.3 Å². The number of nitrogens with one attached hydrogen (secondary N) is 1. The van der Waals surface area contributed by atoms with Gasteiger partial charge in [0.2, 0.25) is 0 Å². The van der Waals surface area contributed by atoms with Gasteiger partial charge in [0.1, 0.15) is 12.4 Å². The van der Waals surface area contributed by atoms with E-state index in [1.54, 1.807) is 0 Å². The van der Waals surface area contributed by atoms with Gasteiger partial charge in [0.25, 0.3) is 0 Å². The van der Waals surface area contributed by atoms with Crippen LogP contribution in [0.1, 0.15) is 12.5 Å². The Morgan fingerprint density at radius 3 is 2.80 bits per heavy atom. The maximum absolute atomic E-state index is 5.88. The summed E-state index contributed by atoms with van der Waals surface area (Å²) in [5, 5.41) is 6.22. The van der Waals surface area contributed by atoms with Crippen LogP contribution >= 0.6 is 23.2 Å². The molecule has 0 aliphatic carbocycles. The van der Waals surface area contributed by atoms with Gasteiger partial charge in [-0.15, -0.1) is 0 Å². The third-order valence-electron chi connectivity index (χ3n) is 3.03. The Labute approximate surface area is 129 Å². The first kappa shape index (κ1) is 15.2. The first-order valence-corrected chi connectivity index (χ1v) is 7.36. The van der Waals surface area contributed by atoms with Gasteiger partial charge >= 0.3 is 0 Å². The predicted molar refractivity (Wildman–Crippen MR) is 86.6 cm³/mol. The molecule has 0 bridgehead atoms. The van der Waals surface area contributed by atoms with Crippen LogP contribution in [0.4, 0.5) is 0 Å². The van der Waals surface area contributed by atoms with Crippen molar-refractivity contribution in [2.75, 3.05) is 13.2 Å².